The minimum Gasteiger partial charge on any atom is -0.294 e. The smallest absolute Gasteiger partial charge is 0.169 e. The van der Waals surface area contributed by atoms with Gasteiger partial charge in [0.1, 0.15) is 0 Å². The molecule has 0 amide bonds. The summed E-state index contributed by atoms with van der Waals surface area (Å²) in [7, 11) is 0. The number of aromatic nitrogens is 1. The van der Waals surface area contributed by atoms with Crippen molar-refractivity contribution in [3.63, 3.8) is 0 Å². The van der Waals surface area contributed by atoms with Crippen molar-refractivity contribution >= 4 is 27.9 Å². The highest BCUT2D eigenvalue weighted by molar-refractivity contribution is 7.17. The molecule has 0 spiro atoms. The summed E-state index contributed by atoms with van der Waals surface area (Å²) < 4.78 is 0. The number of carbonyl (C=O) groups excluding carboxylic acids is 1. The number of carbonyl (C=O) groups is 1. The van der Waals surface area contributed by atoms with E-state index in [9.17, 15) is 4.79 Å². The summed E-state index contributed by atoms with van der Waals surface area (Å²) in [5, 5.41) is 2.29. The largest absolute Gasteiger partial charge is 0.294 e. The molecule has 88 valence electrons. The first kappa shape index (κ1) is 11.1. The molecule has 0 aliphatic heterocycles. The van der Waals surface area contributed by atoms with E-state index in [1.54, 1.807) is 13.1 Å². The Balaban J connectivity index is 2.21. The van der Waals surface area contributed by atoms with E-state index in [4.69, 9.17) is 0 Å². The first-order valence-electron chi connectivity index (χ1n) is 5.69. The third kappa shape index (κ3) is 1.83. The number of pyridine rings is 1. The predicted molar refractivity (Wildman–Crippen MR) is 75.1 cm³/mol. The van der Waals surface area contributed by atoms with E-state index in [-0.39, 0.29) is 5.78 Å². The first-order valence-corrected chi connectivity index (χ1v) is 6.51. The molecule has 3 rings (SSSR count). The molecule has 0 fully saturated rings. The van der Waals surface area contributed by atoms with Gasteiger partial charge in [-0.2, -0.15) is 0 Å². The molecule has 0 aliphatic carbocycles. The molecule has 0 aliphatic rings. The molecule has 0 saturated carbocycles. The predicted octanol–water partition coefficient (Wildman–Crippen LogP) is 4.17. The Morgan fingerprint density at radius 3 is 2.83 bits per heavy atom. The van der Waals surface area contributed by atoms with Crippen LogP contribution in [0.3, 0.4) is 0 Å². The molecule has 3 heteroatoms. The van der Waals surface area contributed by atoms with Crippen LogP contribution in [-0.4, -0.2) is 10.8 Å². The van der Waals surface area contributed by atoms with Crippen molar-refractivity contribution < 1.29 is 4.79 Å². The van der Waals surface area contributed by atoms with E-state index >= 15 is 0 Å². The van der Waals surface area contributed by atoms with Crippen LogP contribution in [0.2, 0.25) is 0 Å². The highest BCUT2D eigenvalue weighted by atomic mass is 32.1. The van der Waals surface area contributed by atoms with Gasteiger partial charge in [0, 0.05) is 28.2 Å². The summed E-state index contributed by atoms with van der Waals surface area (Å²) in [6, 6.07) is 12.1. The van der Waals surface area contributed by atoms with E-state index in [0.717, 1.165) is 20.7 Å². The fourth-order valence-corrected chi connectivity index (χ4v) is 2.94. The third-order valence-electron chi connectivity index (χ3n) is 2.90. The summed E-state index contributed by atoms with van der Waals surface area (Å²) in [5.41, 5.74) is 1.14. The first-order chi connectivity index (χ1) is 8.75. The van der Waals surface area contributed by atoms with Gasteiger partial charge in [0.05, 0.1) is 4.88 Å². The number of rotatable bonds is 2. The molecule has 0 atom stereocenters. The minimum atomic E-state index is 0.115. The summed E-state index contributed by atoms with van der Waals surface area (Å²) in [6.45, 7) is 1.60. The van der Waals surface area contributed by atoms with Crippen LogP contribution < -0.4 is 0 Å². The average Bonchev–Trinajstić information content (AvgIpc) is 2.87. The number of thiophene rings is 1. The van der Waals surface area contributed by atoms with E-state index in [0.29, 0.717) is 0 Å². The summed E-state index contributed by atoms with van der Waals surface area (Å²) in [5.74, 6) is 0.115. The Kier molecular flexibility index (Phi) is 2.68. The molecule has 2 nitrogen and oxygen atoms in total. The normalized spacial score (nSPS) is 10.7. The van der Waals surface area contributed by atoms with Gasteiger partial charge in [-0.3, -0.25) is 9.78 Å². The molecule has 18 heavy (non-hydrogen) atoms. The van der Waals surface area contributed by atoms with Crippen molar-refractivity contribution in [3.8, 4) is 10.4 Å². The zero-order valence-electron chi connectivity index (χ0n) is 9.88. The van der Waals surface area contributed by atoms with Crippen molar-refractivity contribution in [1.82, 2.24) is 4.98 Å². The van der Waals surface area contributed by atoms with Crippen molar-refractivity contribution in [3.05, 3.63) is 53.7 Å². The number of fused-ring (bicyclic) bond motifs is 1. The van der Waals surface area contributed by atoms with Crippen LogP contribution in [0.15, 0.2) is 48.8 Å². The minimum absolute atomic E-state index is 0.115. The lowest BCUT2D eigenvalue weighted by Gasteiger charge is -2.03. The SMILES string of the molecule is CC(=O)c1ccc(-c2cccc3ccncc23)s1. The Morgan fingerprint density at radius 1 is 1.17 bits per heavy atom. The second kappa shape index (κ2) is 4.35. The van der Waals surface area contributed by atoms with Crippen molar-refractivity contribution in [1.29, 1.82) is 0 Å². The molecular weight excluding hydrogens is 242 g/mol. The van der Waals surface area contributed by atoms with E-state index in [1.807, 2.05) is 30.5 Å². The number of hydrogen-bond acceptors (Lipinski definition) is 3. The summed E-state index contributed by atoms with van der Waals surface area (Å²) >= 11 is 1.53. The zero-order valence-corrected chi connectivity index (χ0v) is 10.7. The van der Waals surface area contributed by atoms with Crippen LogP contribution in [0.5, 0.6) is 0 Å². The maximum atomic E-state index is 11.4. The molecule has 0 N–H and O–H groups in total. The molecule has 2 aromatic heterocycles. The van der Waals surface area contributed by atoms with E-state index in [1.165, 1.54) is 16.7 Å². The molecular formula is C15H11NOS. The monoisotopic (exact) mass is 253 g/mol. The van der Waals surface area contributed by atoms with Gasteiger partial charge < -0.3 is 0 Å². The van der Waals surface area contributed by atoms with Crippen molar-refractivity contribution in [2.75, 3.05) is 0 Å². The van der Waals surface area contributed by atoms with Crippen molar-refractivity contribution in [2.45, 2.75) is 6.92 Å². The van der Waals surface area contributed by atoms with E-state index < -0.39 is 0 Å². The second-order valence-electron chi connectivity index (χ2n) is 4.12. The Hall–Kier alpha value is -2.00. The number of nitrogens with zero attached hydrogens (tertiary/aromatic N) is 1. The van der Waals surface area contributed by atoms with Crippen LogP contribution in [-0.2, 0) is 0 Å². The fourth-order valence-electron chi connectivity index (χ4n) is 2.00. The summed E-state index contributed by atoms with van der Waals surface area (Å²) in [6.07, 6.45) is 3.67. The van der Waals surface area contributed by atoms with Gasteiger partial charge >= 0.3 is 0 Å². The lowest BCUT2D eigenvalue weighted by Crippen LogP contribution is -1.83. The van der Waals surface area contributed by atoms with Gasteiger partial charge in [-0.25, -0.2) is 0 Å². The van der Waals surface area contributed by atoms with Crippen molar-refractivity contribution in [2.24, 2.45) is 0 Å². The highest BCUT2D eigenvalue weighted by Gasteiger charge is 2.08. The van der Waals surface area contributed by atoms with Crippen LogP contribution in [0.4, 0.5) is 0 Å². The van der Waals surface area contributed by atoms with Crippen LogP contribution in [0.1, 0.15) is 16.6 Å². The van der Waals surface area contributed by atoms with E-state index in [2.05, 4.69) is 17.1 Å². The van der Waals surface area contributed by atoms with Gasteiger partial charge in [0.2, 0.25) is 0 Å². The van der Waals surface area contributed by atoms with Gasteiger partial charge in [0.25, 0.3) is 0 Å². The molecule has 2 heterocycles. The average molecular weight is 253 g/mol. The Bertz CT molecular complexity index is 725. The highest BCUT2D eigenvalue weighted by Crippen LogP contribution is 2.33. The van der Waals surface area contributed by atoms with Gasteiger partial charge in [-0.15, -0.1) is 11.3 Å². The molecule has 0 radical (unpaired) electrons. The Morgan fingerprint density at radius 2 is 2.06 bits per heavy atom. The van der Waals surface area contributed by atoms with Gasteiger partial charge in [-0.1, -0.05) is 18.2 Å². The second-order valence-corrected chi connectivity index (χ2v) is 5.21. The molecule has 0 bridgehead atoms. The quantitative estimate of drug-likeness (QED) is 0.642. The molecule has 3 aromatic rings. The molecule has 0 unspecified atom stereocenters. The Labute approximate surface area is 109 Å². The number of ketones is 1. The molecule has 0 saturated heterocycles. The standard InChI is InChI=1S/C15H11NOS/c1-10(17)14-5-6-15(18-14)12-4-2-3-11-7-8-16-9-13(11)12/h2-9H,1H3. The lowest BCUT2D eigenvalue weighted by atomic mass is 10.1. The fraction of sp³-hybridized carbons (Fsp3) is 0.0667. The van der Waals surface area contributed by atoms with Gasteiger partial charge in [0.15, 0.2) is 5.78 Å². The topological polar surface area (TPSA) is 30.0 Å². The lowest BCUT2D eigenvalue weighted by molar-refractivity contribution is 0.102. The summed E-state index contributed by atoms with van der Waals surface area (Å²) in [4.78, 5) is 17.4. The number of benzene rings is 1. The number of hydrogen-bond donors (Lipinski definition) is 0. The maximum Gasteiger partial charge on any atom is 0.169 e. The maximum absolute atomic E-state index is 11.4. The zero-order chi connectivity index (χ0) is 12.5. The number of Topliss-reactive ketones (excluding diaryl/α,β-unsaturated/α-hetero) is 1. The van der Waals surface area contributed by atoms with Crippen LogP contribution in [0.25, 0.3) is 21.2 Å². The molecule has 1 aromatic carbocycles. The third-order valence-corrected chi connectivity index (χ3v) is 4.12. The van der Waals surface area contributed by atoms with Crippen LogP contribution in [0, 0.1) is 0 Å². The van der Waals surface area contributed by atoms with Crippen LogP contribution >= 0.6 is 11.3 Å². The van der Waals surface area contributed by atoms with Gasteiger partial charge in [-0.05, 0) is 30.5 Å².